The summed E-state index contributed by atoms with van der Waals surface area (Å²) in [6.07, 6.45) is 0. The molecule has 0 amide bonds. The van der Waals surface area contributed by atoms with Crippen molar-refractivity contribution in [1.29, 1.82) is 0 Å². The molecule has 2 atom stereocenters. The standard InChI is InChI=1S/C18H18OS6/c1-5-15(6-2-13(1)20-9-17-11-22-17)24-19-25-16-7-3-14(4-8-16)21-10-18-12-23-18/h1-8,17-18H,9-12H2. The summed E-state index contributed by atoms with van der Waals surface area (Å²) in [5.41, 5.74) is 0. The minimum Gasteiger partial charge on any atom is -0.237 e. The second kappa shape index (κ2) is 9.62. The Morgan fingerprint density at radius 2 is 1.04 bits per heavy atom. The van der Waals surface area contributed by atoms with Crippen LogP contribution in [-0.4, -0.2) is 33.5 Å². The zero-order valence-corrected chi connectivity index (χ0v) is 18.4. The summed E-state index contributed by atoms with van der Waals surface area (Å²) >= 11 is 10.9. The van der Waals surface area contributed by atoms with Gasteiger partial charge in [-0.2, -0.15) is 23.5 Å². The maximum atomic E-state index is 5.71. The van der Waals surface area contributed by atoms with Crippen molar-refractivity contribution in [3.63, 3.8) is 0 Å². The average Bonchev–Trinajstić information content (AvgIpc) is 3.55. The number of rotatable bonds is 10. The average molecular weight is 443 g/mol. The van der Waals surface area contributed by atoms with Gasteiger partial charge in [0.25, 0.3) is 0 Å². The highest BCUT2D eigenvalue weighted by Gasteiger charge is 2.22. The molecule has 2 saturated heterocycles. The number of hydrogen-bond acceptors (Lipinski definition) is 7. The molecule has 2 unspecified atom stereocenters. The lowest BCUT2D eigenvalue weighted by atomic mass is 10.4. The van der Waals surface area contributed by atoms with Gasteiger partial charge >= 0.3 is 0 Å². The van der Waals surface area contributed by atoms with Crippen LogP contribution in [0.25, 0.3) is 0 Å². The van der Waals surface area contributed by atoms with Gasteiger partial charge in [-0.1, -0.05) is 0 Å². The molecule has 0 bridgehead atoms. The van der Waals surface area contributed by atoms with E-state index < -0.39 is 0 Å². The van der Waals surface area contributed by atoms with E-state index in [1.54, 1.807) is 0 Å². The second-order valence-corrected chi connectivity index (χ2v) is 12.4. The van der Waals surface area contributed by atoms with Crippen LogP contribution in [0.3, 0.4) is 0 Å². The highest BCUT2D eigenvalue weighted by molar-refractivity contribution is 8.09. The van der Waals surface area contributed by atoms with E-state index in [0.29, 0.717) is 0 Å². The fourth-order valence-electron chi connectivity index (χ4n) is 1.99. The molecular formula is C18H18OS6. The van der Waals surface area contributed by atoms with Gasteiger partial charge in [0.15, 0.2) is 0 Å². The van der Waals surface area contributed by atoms with Crippen molar-refractivity contribution >= 4 is 71.1 Å². The number of hydrogen-bond donors (Lipinski definition) is 0. The molecule has 2 fully saturated rings. The van der Waals surface area contributed by atoms with E-state index in [0.717, 1.165) is 20.3 Å². The van der Waals surface area contributed by atoms with Crippen molar-refractivity contribution in [2.45, 2.75) is 30.1 Å². The van der Waals surface area contributed by atoms with Gasteiger partial charge in [0, 0.05) is 77.2 Å². The Balaban J connectivity index is 1.17. The molecule has 0 spiro atoms. The van der Waals surface area contributed by atoms with E-state index in [-0.39, 0.29) is 0 Å². The van der Waals surface area contributed by atoms with Gasteiger partial charge in [0.1, 0.15) is 0 Å². The first kappa shape index (κ1) is 18.8. The largest absolute Gasteiger partial charge is 0.237 e. The van der Waals surface area contributed by atoms with Crippen molar-refractivity contribution in [2.75, 3.05) is 23.0 Å². The quantitative estimate of drug-likeness (QED) is 0.223. The summed E-state index contributed by atoms with van der Waals surface area (Å²) < 4.78 is 5.71. The second-order valence-electron chi connectivity index (χ2n) is 5.71. The molecule has 0 saturated carbocycles. The van der Waals surface area contributed by atoms with E-state index in [9.17, 15) is 0 Å². The van der Waals surface area contributed by atoms with Crippen molar-refractivity contribution in [3.8, 4) is 0 Å². The van der Waals surface area contributed by atoms with Gasteiger partial charge < -0.3 is 0 Å². The lowest BCUT2D eigenvalue weighted by Gasteiger charge is -2.04. The molecule has 0 aromatic heterocycles. The molecule has 2 aliphatic heterocycles. The predicted molar refractivity (Wildman–Crippen MR) is 120 cm³/mol. The highest BCUT2D eigenvalue weighted by atomic mass is 32.2. The van der Waals surface area contributed by atoms with Crippen molar-refractivity contribution in [3.05, 3.63) is 48.5 Å². The number of thioether (sulfide) groups is 4. The summed E-state index contributed by atoms with van der Waals surface area (Å²) in [5, 5.41) is 1.77. The van der Waals surface area contributed by atoms with Gasteiger partial charge in [-0.05, 0) is 48.5 Å². The number of benzene rings is 2. The molecule has 2 aromatic carbocycles. The molecule has 4 rings (SSSR count). The van der Waals surface area contributed by atoms with Gasteiger partial charge in [-0.3, -0.25) is 0 Å². The fourth-order valence-corrected chi connectivity index (χ4v) is 6.88. The Morgan fingerprint density at radius 3 is 1.40 bits per heavy atom. The van der Waals surface area contributed by atoms with Crippen LogP contribution < -0.4 is 0 Å². The first-order valence-corrected chi connectivity index (χ1v) is 13.6. The van der Waals surface area contributed by atoms with Crippen LogP contribution in [0.1, 0.15) is 0 Å². The SMILES string of the molecule is c1cc(SOSc2ccc(SCC3CS3)cc2)ccc1SCC1CS1. The lowest BCUT2D eigenvalue weighted by molar-refractivity contribution is 0.756. The molecular weight excluding hydrogens is 425 g/mol. The van der Waals surface area contributed by atoms with Gasteiger partial charge in [0.05, 0.1) is 0 Å². The molecule has 2 aliphatic rings. The Kier molecular flexibility index (Phi) is 7.25. The maximum absolute atomic E-state index is 5.71. The maximum Gasteiger partial charge on any atom is 0.0447 e. The Hall–Kier alpha value is 0.500. The smallest absolute Gasteiger partial charge is 0.0447 e. The van der Waals surface area contributed by atoms with E-state index in [1.807, 2.05) is 23.5 Å². The predicted octanol–water partition coefficient (Wildman–Crippen LogP) is 6.83. The molecule has 25 heavy (non-hydrogen) atoms. The Labute approximate surface area is 175 Å². The third-order valence-corrected chi connectivity index (χ3v) is 9.77. The normalized spacial score (nSPS) is 21.3. The summed E-state index contributed by atoms with van der Waals surface area (Å²) in [4.78, 5) is 4.99. The summed E-state index contributed by atoms with van der Waals surface area (Å²) in [7, 11) is 0. The van der Waals surface area contributed by atoms with Crippen LogP contribution in [-0.2, 0) is 3.63 Å². The monoisotopic (exact) mass is 442 g/mol. The third kappa shape index (κ3) is 6.87. The molecule has 1 nitrogen and oxygen atoms in total. The zero-order valence-electron chi connectivity index (χ0n) is 13.5. The Morgan fingerprint density at radius 1 is 0.680 bits per heavy atom. The van der Waals surface area contributed by atoms with Crippen LogP contribution in [0.2, 0.25) is 0 Å². The highest BCUT2D eigenvalue weighted by Crippen LogP contribution is 2.37. The summed E-state index contributed by atoms with van der Waals surface area (Å²) in [5.74, 6) is 5.14. The topological polar surface area (TPSA) is 9.23 Å². The zero-order chi connectivity index (χ0) is 16.9. The molecule has 7 heteroatoms. The van der Waals surface area contributed by atoms with Crippen LogP contribution in [0.15, 0.2) is 68.1 Å². The van der Waals surface area contributed by atoms with Crippen LogP contribution in [0.5, 0.6) is 0 Å². The Bertz CT molecular complexity index is 607. The van der Waals surface area contributed by atoms with Gasteiger partial charge in [-0.15, -0.1) is 23.5 Å². The van der Waals surface area contributed by atoms with Crippen molar-refractivity contribution < 1.29 is 3.63 Å². The van der Waals surface area contributed by atoms with E-state index >= 15 is 0 Å². The van der Waals surface area contributed by atoms with E-state index in [4.69, 9.17) is 3.63 Å². The van der Waals surface area contributed by atoms with Crippen molar-refractivity contribution in [1.82, 2.24) is 0 Å². The van der Waals surface area contributed by atoms with Crippen molar-refractivity contribution in [2.24, 2.45) is 0 Å². The van der Waals surface area contributed by atoms with Gasteiger partial charge in [0.2, 0.25) is 0 Å². The molecule has 2 aromatic rings. The molecule has 0 aliphatic carbocycles. The molecule has 0 N–H and O–H groups in total. The minimum absolute atomic E-state index is 0.885. The lowest BCUT2D eigenvalue weighted by Crippen LogP contribution is -1.86. The third-order valence-electron chi connectivity index (χ3n) is 3.58. The minimum atomic E-state index is 0.885. The fraction of sp³-hybridized carbons (Fsp3) is 0.333. The van der Waals surface area contributed by atoms with E-state index in [1.165, 1.54) is 56.9 Å². The first-order valence-electron chi connectivity index (χ1n) is 8.05. The van der Waals surface area contributed by atoms with Crippen LogP contribution in [0, 0.1) is 0 Å². The van der Waals surface area contributed by atoms with E-state index in [2.05, 4.69) is 72.1 Å². The summed E-state index contributed by atoms with van der Waals surface area (Å²) in [6, 6.07) is 17.3. The first-order chi connectivity index (χ1) is 12.3. The molecule has 2 heterocycles. The van der Waals surface area contributed by atoms with Gasteiger partial charge in [-0.25, -0.2) is 3.63 Å². The van der Waals surface area contributed by atoms with Crippen LogP contribution in [0.4, 0.5) is 0 Å². The molecule has 0 radical (unpaired) electrons. The van der Waals surface area contributed by atoms with Crippen LogP contribution >= 0.6 is 71.1 Å². The molecule has 132 valence electrons. The summed E-state index contributed by atoms with van der Waals surface area (Å²) in [6.45, 7) is 0.